The first-order chi connectivity index (χ1) is 4.09. The first kappa shape index (κ1) is 8.28. The Bertz CT molecular complexity index is 252. The number of hydrogen-bond acceptors (Lipinski definition) is 4. The number of rotatable bonds is 0. The fourth-order valence-electron chi connectivity index (χ4n) is 0.140. The second-order valence-corrected chi connectivity index (χ2v) is 3.14. The maximum absolute atomic E-state index is 9.73. The minimum Gasteiger partial charge on any atom is -0.359 e. The summed E-state index contributed by atoms with van der Waals surface area (Å²) in [5.74, 6) is 0. The van der Waals surface area contributed by atoms with E-state index in [1.54, 1.807) is 0 Å². The van der Waals surface area contributed by atoms with Crippen molar-refractivity contribution < 1.29 is 21.6 Å². The lowest BCUT2D eigenvalue weighted by Crippen LogP contribution is -2.02. The molecule has 0 radical (unpaired) electrons. The van der Waals surface area contributed by atoms with Crippen LogP contribution < -0.4 is 0 Å². The van der Waals surface area contributed by atoms with Gasteiger partial charge in [-0.2, -0.15) is 0 Å². The minimum atomic E-state index is -3.30. The van der Waals surface area contributed by atoms with Gasteiger partial charge in [0, 0.05) is 0 Å². The van der Waals surface area contributed by atoms with E-state index in [0.717, 1.165) is 0 Å². The van der Waals surface area contributed by atoms with Crippen LogP contribution in [0.5, 0.6) is 0 Å². The van der Waals surface area contributed by atoms with E-state index in [1.807, 2.05) is 4.79 Å². The highest BCUT2D eigenvalue weighted by atomic mass is 32.2. The molecule has 0 aromatic carbocycles. The van der Waals surface area contributed by atoms with Crippen LogP contribution in [0.3, 0.4) is 0 Å². The lowest BCUT2D eigenvalue weighted by atomic mass is 11.7. The molecule has 0 spiro atoms. The molecule has 9 heavy (non-hydrogen) atoms. The van der Waals surface area contributed by atoms with Gasteiger partial charge in [-0.25, -0.2) is 16.8 Å². The third kappa shape index (κ3) is 2.36. The summed E-state index contributed by atoms with van der Waals surface area (Å²) in [6, 6.07) is 0. The van der Waals surface area contributed by atoms with Crippen molar-refractivity contribution in [3.63, 3.8) is 0 Å². The van der Waals surface area contributed by atoms with Gasteiger partial charge in [0.25, 0.3) is 21.4 Å². The Morgan fingerprint density at radius 3 is 1.44 bits per heavy atom. The molecule has 0 bridgehead atoms. The van der Waals surface area contributed by atoms with Crippen LogP contribution in [0.15, 0.2) is 0 Å². The molecule has 0 saturated heterocycles. The van der Waals surface area contributed by atoms with E-state index < -0.39 is 25.8 Å². The summed E-state index contributed by atoms with van der Waals surface area (Å²) < 4.78 is 37.7. The molecule has 0 heterocycles. The molecule has 0 aromatic rings. The molecule has 0 N–H and O–H groups in total. The van der Waals surface area contributed by atoms with Crippen LogP contribution in [0.25, 0.3) is 5.53 Å². The average molecular weight is 170 g/mol. The van der Waals surface area contributed by atoms with Crippen LogP contribution in [0.2, 0.25) is 0 Å². The Balaban J connectivity index is 5.07. The van der Waals surface area contributed by atoms with Crippen molar-refractivity contribution in [2.75, 3.05) is 0 Å². The minimum absolute atomic E-state index is 1.22. The van der Waals surface area contributed by atoms with Crippen molar-refractivity contribution in [2.45, 2.75) is 0 Å². The Hall–Kier alpha value is -0.720. The van der Waals surface area contributed by atoms with E-state index in [9.17, 15) is 16.8 Å². The van der Waals surface area contributed by atoms with Gasteiger partial charge >= 0.3 is 4.38 Å². The van der Waals surface area contributed by atoms with Crippen LogP contribution in [-0.4, -0.2) is 26.0 Å². The molecule has 0 aromatic heterocycles. The maximum atomic E-state index is 9.73. The first-order valence-corrected chi connectivity index (χ1v) is 3.96. The summed E-state index contributed by atoms with van der Waals surface area (Å²) in [5, 5.41) is 0. The smallest absolute Gasteiger partial charge is 0.359 e. The van der Waals surface area contributed by atoms with Gasteiger partial charge in [0.1, 0.15) is 0 Å². The molecular formula is CH2N2O4S2. The standard InChI is InChI=1S/CH2N2O4S2/c2-3-1(8(4)5)9(6)7/h8-9H. The summed E-state index contributed by atoms with van der Waals surface area (Å²) in [6.45, 7) is 0. The highest BCUT2D eigenvalue weighted by Crippen LogP contribution is 1.69. The van der Waals surface area contributed by atoms with Crippen molar-refractivity contribution in [2.24, 2.45) is 0 Å². The number of nitrogens with zero attached hydrogens (tertiary/aromatic N) is 2. The summed E-state index contributed by atoms with van der Waals surface area (Å²) in [5.41, 5.74) is 7.69. The molecule has 0 aliphatic carbocycles. The molecule has 0 fully saturated rings. The number of hydrogen-bond donors (Lipinski definition) is 2. The summed E-state index contributed by atoms with van der Waals surface area (Å²) in [4.78, 5) is 2.01. The normalized spacial score (nSPS) is 9.56. The van der Waals surface area contributed by atoms with Gasteiger partial charge in [-0.05, 0) is 0 Å². The van der Waals surface area contributed by atoms with E-state index in [1.165, 1.54) is 0 Å². The van der Waals surface area contributed by atoms with Crippen molar-refractivity contribution in [1.29, 1.82) is 0 Å². The van der Waals surface area contributed by atoms with Gasteiger partial charge in [0.05, 0.1) is 0 Å². The Labute approximate surface area is 53.6 Å². The van der Waals surface area contributed by atoms with Gasteiger partial charge in [-0.3, -0.25) is 0 Å². The predicted molar refractivity (Wildman–Crippen MR) is 29.3 cm³/mol. The first-order valence-electron chi connectivity index (χ1n) is 1.60. The molecule has 0 rings (SSSR count). The fraction of sp³-hybridized carbons (Fsp3) is 0. The molecule has 0 saturated carbocycles. The molecule has 0 aliphatic heterocycles. The van der Waals surface area contributed by atoms with Gasteiger partial charge in [0.2, 0.25) is 0 Å². The lowest BCUT2D eigenvalue weighted by molar-refractivity contribution is 0.00438. The van der Waals surface area contributed by atoms with Crippen molar-refractivity contribution >= 4 is 25.8 Å². The molecule has 0 unspecified atom stereocenters. The second kappa shape index (κ2) is 3.33. The van der Waals surface area contributed by atoms with Crippen molar-refractivity contribution in [1.82, 2.24) is 0 Å². The van der Waals surface area contributed by atoms with E-state index >= 15 is 0 Å². The van der Waals surface area contributed by atoms with Crippen LogP contribution in [-0.2, 0) is 21.4 Å². The van der Waals surface area contributed by atoms with Crippen molar-refractivity contribution in [3.05, 3.63) is 5.53 Å². The van der Waals surface area contributed by atoms with Crippen LogP contribution in [0.1, 0.15) is 0 Å². The molecule has 0 atom stereocenters. The largest absolute Gasteiger partial charge is 0.489 e. The Morgan fingerprint density at radius 1 is 1.11 bits per heavy atom. The molecule has 8 heteroatoms. The topological polar surface area (TPSA) is 105 Å². The number of thiol groups is 2. The van der Waals surface area contributed by atoms with Crippen molar-refractivity contribution in [3.8, 4) is 0 Å². The van der Waals surface area contributed by atoms with E-state index in [0.29, 0.717) is 0 Å². The Kier molecular flexibility index (Phi) is 3.07. The average Bonchev–Trinajstić information content (AvgIpc) is 1.64. The van der Waals surface area contributed by atoms with Gasteiger partial charge in [-0.1, -0.05) is 0 Å². The third-order valence-corrected chi connectivity index (χ3v) is 2.23. The van der Waals surface area contributed by atoms with Crippen LogP contribution >= 0.6 is 0 Å². The quantitative estimate of drug-likeness (QED) is 0.141. The monoisotopic (exact) mass is 170 g/mol. The summed E-state index contributed by atoms with van der Waals surface area (Å²) in [7, 11) is -6.60. The van der Waals surface area contributed by atoms with E-state index in [4.69, 9.17) is 5.53 Å². The second-order valence-electron chi connectivity index (χ2n) is 0.914. The molecular weight excluding hydrogens is 168 g/mol. The summed E-state index contributed by atoms with van der Waals surface area (Å²) >= 11 is 0. The van der Waals surface area contributed by atoms with Gasteiger partial charge in [0.15, 0.2) is 0 Å². The molecule has 6 nitrogen and oxygen atoms in total. The fourth-order valence-corrected chi connectivity index (χ4v) is 0.819. The highest BCUT2D eigenvalue weighted by Gasteiger charge is 2.12. The zero-order valence-electron chi connectivity index (χ0n) is 3.92. The third-order valence-electron chi connectivity index (χ3n) is 0.416. The highest BCUT2D eigenvalue weighted by molar-refractivity contribution is 8.15. The zero-order chi connectivity index (χ0) is 7.44. The zero-order valence-corrected chi connectivity index (χ0v) is 5.71. The van der Waals surface area contributed by atoms with Crippen LogP contribution in [0.4, 0.5) is 0 Å². The Morgan fingerprint density at radius 2 is 1.44 bits per heavy atom. The van der Waals surface area contributed by atoms with E-state index in [2.05, 4.69) is 0 Å². The van der Waals surface area contributed by atoms with Crippen LogP contribution in [0, 0.1) is 0 Å². The lowest BCUT2D eigenvalue weighted by Gasteiger charge is -1.64. The molecule has 52 valence electrons. The van der Waals surface area contributed by atoms with E-state index in [-0.39, 0.29) is 0 Å². The van der Waals surface area contributed by atoms with Gasteiger partial charge in [-0.15, -0.1) is 4.79 Å². The predicted octanol–water partition coefficient (Wildman–Crippen LogP) is -2.21. The summed E-state index contributed by atoms with van der Waals surface area (Å²) in [6.07, 6.45) is 0. The molecule has 0 aliphatic rings. The molecule has 0 amide bonds. The SMILES string of the molecule is [N-]=[N+]=C([SH](=O)=O)[SH](=O)=O. The van der Waals surface area contributed by atoms with Gasteiger partial charge < -0.3 is 5.53 Å². The maximum Gasteiger partial charge on any atom is 0.489 e.